The van der Waals surface area contributed by atoms with E-state index in [9.17, 15) is 13.6 Å². The number of allylic oxidation sites excluding steroid dienone is 2. The Kier molecular flexibility index (Phi) is 5.41. The number of hydrogen-bond donors (Lipinski definition) is 1. The predicted molar refractivity (Wildman–Crippen MR) is 101 cm³/mol. The van der Waals surface area contributed by atoms with Crippen molar-refractivity contribution >= 4 is 29.1 Å². The van der Waals surface area contributed by atoms with Crippen LogP contribution in [0.15, 0.2) is 24.5 Å². The van der Waals surface area contributed by atoms with Crippen LogP contribution in [0.25, 0.3) is 5.70 Å². The first kappa shape index (κ1) is 18.9. The minimum atomic E-state index is -2.53. The van der Waals surface area contributed by atoms with Gasteiger partial charge in [0.1, 0.15) is 0 Å². The second kappa shape index (κ2) is 7.42. The van der Waals surface area contributed by atoms with Gasteiger partial charge in [0.05, 0.1) is 35.1 Å². The zero-order chi connectivity index (χ0) is 18.9. The molecule has 0 spiro atoms. The lowest BCUT2D eigenvalue weighted by Gasteiger charge is -2.23. The number of halogens is 2. The molecule has 3 rings (SSSR count). The molecule has 1 amide bonds. The van der Waals surface area contributed by atoms with Crippen molar-refractivity contribution in [3.8, 4) is 0 Å². The van der Waals surface area contributed by atoms with Crippen molar-refractivity contribution < 1.29 is 13.6 Å². The van der Waals surface area contributed by atoms with E-state index >= 15 is 0 Å². The molecule has 5 nitrogen and oxygen atoms in total. The van der Waals surface area contributed by atoms with Gasteiger partial charge < -0.3 is 10.2 Å². The molecule has 1 aromatic heterocycles. The van der Waals surface area contributed by atoms with Crippen LogP contribution in [0.5, 0.6) is 0 Å². The summed E-state index contributed by atoms with van der Waals surface area (Å²) in [5.74, 6) is -2.87. The number of alkyl halides is 2. The number of dihydropyridines is 1. The summed E-state index contributed by atoms with van der Waals surface area (Å²) in [4.78, 5) is 14.5. The van der Waals surface area contributed by atoms with Gasteiger partial charge in [-0.25, -0.2) is 13.5 Å². The van der Waals surface area contributed by atoms with Crippen molar-refractivity contribution in [1.29, 1.82) is 0 Å². The van der Waals surface area contributed by atoms with Crippen molar-refractivity contribution in [3.63, 3.8) is 0 Å². The predicted octanol–water partition coefficient (Wildman–Crippen LogP) is 3.28. The highest BCUT2D eigenvalue weighted by molar-refractivity contribution is 8.00. The van der Waals surface area contributed by atoms with Crippen molar-refractivity contribution in [2.75, 3.05) is 23.7 Å². The fourth-order valence-electron chi connectivity index (χ4n) is 2.92. The van der Waals surface area contributed by atoms with Crippen LogP contribution in [0.3, 0.4) is 0 Å². The lowest BCUT2D eigenvalue weighted by atomic mass is 10.3. The van der Waals surface area contributed by atoms with Crippen LogP contribution < -0.4 is 10.2 Å². The summed E-state index contributed by atoms with van der Waals surface area (Å²) in [7, 11) is 0. The van der Waals surface area contributed by atoms with Crippen LogP contribution in [0.2, 0.25) is 0 Å². The number of amides is 1. The van der Waals surface area contributed by atoms with Gasteiger partial charge in [0.2, 0.25) is 5.91 Å². The number of rotatable bonds is 7. The molecular weight excluding hydrogens is 358 g/mol. The van der Waals surface area contributed by atoms with Gasteiger partial charge in [-0.05, 0) is 39.1 Å². The summed E-state index contributed by atoms with van der Waals surface area (Å²) in [6.45, 7) is 6.74. The van der Waals surface area contributed by atoms with Crippen molar-refractivity contribution in [1.82, 2.24) is 15.1 Å². The van der Waals surface area contributed by atoms with E-state index < -0.39 is 11.8 Å². The van der Waals surface area contributed by atoms with Crippen LogP contribution in [0.1, 0.15) is 26.0 Å². The van der Waals surface area contributed by atoms with Gasteiger partial charge in [-0.3, -0.25) is 4.79 Å². The number of thioether (sulfide) groups is 1. The Morgan fingerprint density at radius 2 is 2.31 bits per heavy atom. The summed E-state index contributed by atoms with van der Waals surface area (Å²) in [6, 6.07) is 0. The Morgan fingerprint density at radius 1 is 1.58 bits per heavy atom. The average molecular weight is 382 g/mol. The molecule has 1 saturated carbocycles. The van der Waals surface area contributed by atoms with Crippen LogP contribution in [0.4, 0.5) is 14.5 Å². The highest BCUT2D eigenvalue weighted by Gasteiger charge is 2.56. The second-order valence-electron chi connectivity index (χ2n) is 6.66. The Bertz CT molecular complexity index is 744. The lowest BCUT2D eigenvalue weighted by molar-refractivity contribution is -0.117. The summed E-state index contributed by atoms with van der Waals surface area (Å²) >= 11 is 1.31. The molecule has 8 heteroatoms. The van der Waals surface area contributed by atoms with Crippen LogP contribution in [-0.4, -0.2) is 45.7 Å². The molecule has 1 N–H and O–H groups in total. The molecule has 2 unspecified atom stereocenters. The third kappa shape index (κ3) is 3.95. The van der Waals surface area contributed by atoms with Crippen molar-refractivity contribution in [2.24, 2.45) is 5.92 Å². The number of hydrogen-bond acceptors (Lipinski definition) is 4. The van der Waals surface area contributed by atoms with Gasteiger partial charge in [0, 0.05) is 24.6 Å². The van der Waals surface area contributed by atoms with Crippen LogP contribution in [-0.2, 0) is 4.79 Å². The zero-order valence-electron chi connectivity index (χ0n) is 15.2. The van der Waals surface area contributed by atoms with Gasteiger partial charge in [-0.1, -0.05) is 0 Å². The number of carbonyl (C=O) groups is 1. The van der Waals surface area contributed by atoms with E-state index in [1.54, 1.807) is 16.5 Å². The van der Waals surface area contributed by atoms with Gasteiger partial charge in [-0.2, -0.15) is 5.10 Å². The topological polar surface area (TPSA) is 50.2 Å². The molecule has 0 saturated heterocycles. The number of carbonyl (C=O) groups excluding carboxylic acids is 1. The maximum Gasteiger partial charge on any atom is 0.252 e. The van der Waals surface area contributed by atoms with Gasteiger partial charge in [-0.15, -0.1) is 11.8 Å². The van der Waals surface area contributed by atoms with E-state index in [4.69, 9.17) is 0 Å². The number of aromatic nitrogens is 2. The number of nitrogens with one attached hydrogen (secondary N) is 1. The summed E-state index contributed by atoms with van der Waals surface area (Å²) < 4.78 is 27.8. The van der Waals surface area contributed by atoms with E-state index in [1.165, 1.54) is 11.8 Å². The lowest BCUT2D eigenvalue weighted by Crippen LogP contribution is -2.37. The normalized spacial score (nSPS) is 21.7. The third-order valence-electron chi connectivity index (χ3n) is 4.68. The number of nitrogens with zero attached hydrogens (tertiary/aromatic N) is 3. The first-order valence-electron chi connectivity index (χ1n) is 8.80. The Balaban J connectivity index is 1.69. The summed E-state index contributed by atoms with van der Waals surface area (Å²) in [5.41, 5.74) is 2.52. The molecule has 2 heterocycles. The van der Waals surface area contributed by atoms with Crippen molar-refractivity contribution in [2.45, 2.75) is 38.4 Å². The van der Waals surface area contributed by atoms with Crippen LogP contribution >= 0.6 is 11.8 Å². The van der Waals surface area contributed by atoms with Crippen molar-refractivity contribution in [3.05, 3.63) is 30.2 Å². The zero-order valence-corrected chi connectivity index (χ0v) is 16.0. The largest absolute Gasteiger partial charge is 0.385 e. The smallest absolute Gasteiger partial charge is 0.252 e. The van der Waals surface area contributed by atoms with Gasteiger partial charge in [0.25, 0.3) is 5.92 Å². The molecule has 1 fully saturated rings. The van der Waals surface area contributed by atoms with E-state index in [-0.39, 0.29) is 17.6 Å². The fourth-order valence-corrected chi connectivity index (χ4v) is 4.07. The fraction of sp³-hybridized carbons (Fsp3) is 0.556. The van der Waals surface area contributed by atoms with E-state index in [0.717, 1.165) is 17.1 Å². The summed E-state index contributed by atoms with van der Waals surface area (Å²) in [6.07, 6.45) is 7.55. The van der Waals surface area contributed by atoms with E-state index in [2.05, 4.69) is 10.4 Å². The SMILES string of the molecule is CCN(C(=O)C(C)SCC1CC1(F)F)c1cn(C2=CC=CNC2)nc1C. The maximum absolute atomic E-state index is 13.0. The molecule has 1 aromatic rings. The van der Waals surface area contributed by atoms with Crippen LogP contribution in [0, 0.1) is 12.8 Å². The molecule has 1 aliphatic carbocycles. The van der Waals surface area contributed by atoms with Gasteiger partial charge >= 0.3 is 0 Å². The molecule has 0 aromatic carbocycles. The molecule has 2 atom stereocenters. The first-order chi connectivity index (χ1) is 12.3. The quantitative estimate of drug-likeness (QED) is 0.786. The molecular formula is C18H24F2N4OS. The molecule has 1 aliphatic heterocycles. The minimum Gasteiger partial charge on any atom is -0.385 e. The monoisotopic (exact) mass is 382 g/mol. The first-order valence-corrected chi connectivity index (χ1v) is 9.85. The van der Waals surface area contributed by atoms with Gasteiger partial charge in [0.15, 0.2) is 0 Å². The molecule has 0 radical (unpaired) electrons. The Morgan fingerprint density at radius 3 is 2.88 bits per heavy atom. The number of aryl methyl sites for hydroxylation is 1. The molecule has 142 valence electrons. The average Bonchev–Trinajstić information content (AvgIpc) is 3.06. The third-order valence-corrected chi connectivity index (χ3v) is 5.97. The molecule has 2 aliphatic rings. The molecule has 26 heavy (non-hydrogen) atoms. The second-order valence-corrected chi connectivity index (χ2v) is 8.04. The Hall–Kier alpha value is -1.83. The highest BCUT2D eigenvalue weighted by atomic mass is 32.2. The minimum absolute atomic E-state index is 0.0537. The number of anilines is 1. The highest BCUT2D eigenvalue weighted by Crippen LogP contribution is 2.50. The Labute approximate surface area is 156 Å². The molecule has 0 bridgehead atoms. The standard InChI is InChI=1S/C18H24F2N4OS/c1-4-23(17(25)13(3)26-11-14-8-18(14,19)20)16-10-24(22-12(16)2)15-6-5-7-21-9-15/h5-7,10,13-14,21H,4,8-9,11H2,1-3H3. The van der Waals surface area contributed by atoms with E-state index in [1.807, 2.05) is 38.4 Å². The summed E-state index contributed by atoms with van der Waals surface area (Å²) in [5, 5.41) is 7.29. The van der Waals surface area contributed by atoms with E-state index in [0.29, 0.717) is 18.8 Å². The maximum atomic E-state index is 13.0.